The standard InChI is InChI=1S/C15H13ClN2O2S/c1-8-2-5-12(21-8)15(16)9-3-4-10-11(6-9)18-14(20)7-13(19)17-10/h2-6,15H,7H2,1H3,(H,17,19)(H,18,20). The highest BCUT2D eigenvalue weighted by Gasteiger charge is 2.20. The molecule has 2 aromatic rings. The first kappa shape index (κ1) is 14.1. The van der Waals surface area contributed by atoms with E-state index in [-0.39, 0.29) is 23.6 Å². The fraction of sp³-hybridized carbons (Fsp3) is 0.200. The van der Waals surface area contributed by atoms with E-state index in [4.69, 9.17) is 11.6 Å². The number of alkyl halides is 1. The third kappa shape index (κ3) is 2.94. The molecule has 2 heterocycles. The average Bonchev–Trinajstić information content (AvgIpc) is 2.79. The molecule has 0 fully saturated rings. The molecule has 108 valence electrons. The fourth-order valence-electron chi connectivity index (χ4n) is 2.22. The number of nitrogens with one attached hydrogen (secondary N) is 2. The molecule has 0 spiro atoms. The van der Waals surface area contributed by atoms with Gasteiger partial charge in [-0.05, 0) is 36.8 Å². The summed E-state index contributed by atoms with van der Waals surface area (Å²) in [6.45, 7) is 2.03. The van der Waals surface area contributed by atoms with Gasteiger partial charge in [0.2, 0.25) is 11.8 Å². The van der Waals surface area contributed by atoms with Crippen molar-refractivity contribution in [1.82, 2.24) is 0 Å². The maximum absolute atomic E-state index is 11.6. The molecule has 0 aliphatic carbocycles. The first-order chi connectivity index (χ1) is 10.0. The Labute approximate surface area is 131 Å². The molecule has 1 unspecified atom stereocenters. The number of aryl methyl sites for hydroxylation is 1. The Kier molecular flexibility index (Phi) is 3.69. The summed E-state index contributed by atoms with van der Waals surface area (Å²) in [4.78, 5) is 25.4. The predicted molar refractivity (Wildman–Crippen MR) is 85.1 cm³/mol. The van der Waals surface area contributed by atoms with Gasteiger partial charge in [-0.25, -0.2) is 0 Å². The minimum atomic E-state index is -0.318. The summed E-state index contributed by atoms with van der Waals surface area (Å²) in [5.41, 5.74) is 2.07. The van der Waals surface area contributed by atoms with Crippen LogP contribution in [0.15, 0.2) is 30.3 Å². The van der Waals surface area contributed by atoms with Crippen molar-refractivity contribution in [3.63, 3.8) is 0 Å². The van der Waals surface area contributed by atoms with Crippen molar-refractivity contribution in [3.05, 3.63) is 45.6 Å². The van der Waals surface area contributed by atoms with Gasteiger partial charge in [-0.3, -0.25) is 9.59 Å². The third-order valence-electron chi connectivity index (χ3n) is 3.22. The molecule has 0 radical (unpaired) electrons. The van der Waals surface area contributed by atoms with E-state index >= 15 is 0 Å². The summed E-state index contributed by atoms with van der Waals surface area (Å²) in [6.07, 6.45) is -0.168. The molecule has 1 aliphatic heterocycles. The van der Waals surface area contributed by atoms with E-state index in [1.165, 1.54) is 4.88 Å². The van der Waals surface area contributed by atoms with Crippen molar-refractivity contribution < 1.29 is 9.59 Å². The van der Waals surface area contributed by atoms with Gasteiger partial charge < -0.3 is 10.6 Å². The Bertz CT molecular complexity index is 726. The van der Waals surface area contributed by atoms with Gasteiger partial charge in [-0.2, -0.15) is 0 Å². The van der Waals surface area contributed by atoms with Gasteiger partial charge in [0.05, 0.1) is 16.8 Å². The highest BCUT2D eigenvalue weighted by Crippen LogP contribution is 2.36. The maximum atomic E-state index is 11.6. The first-order valence-corrected chi connectivity index (χ1v) is 7.72. The van der Waals surface area contributed by atoms with Crippen LogP contribution in [0.5, 0.6) is 0 Å². The van der Waals surface area contributed by atoms with Crippen molar-refractivity contribution in [2.45, 2.75) is 18.7 Å². The van der Waals surface area contributed by atoms with Gasteiger partial charge in [-0.15, -0.1) is 22.9 Å². The molecule has 1 aromatic heterocycles. The van der Waals surface area contributed by atoms with Crippen LogP contribution in [0.1, 0.15) is 27.1 Å². The Hall–Kier alpha value is -1.85. The Balaban J connectivity index is 1.95. The zero-order chi connectivity index (χ0) is 15.0. The lowest BCUT2D eigenvalue weighted by molar-refractivity contribution is -0.123. The van der Waals surface area contributed by atoms with Crippen molar-refractivity contribution in [2.75, 3.05) is 10.6 Å². The van der Waals surface area contributed by atoms with E-state index in [1.807, 2.05) is 31.2 Å². The molecule has 0 saturated carbocycles. The van der Waals surface area contributed by atoms with E-state index in [0.717, 1.165) is 10.4 Å². The second-order valence-electron chi connectivity index (χ2n) is 4.89. The average molecular weight is 321 g/mol. The molecule has 6 heteroatoms. The van der Waals surface area contributed by atoms with Gasteiger partial charge >= 0.3 is 0 Å². The first-order valence-electron chi connectivity index (χ1n) is 6.47. The molecule has 1 atom stereocenters. The number of fused-ring (bicyclic) bond motifs is 1. The van der Waals surface area contributed by atoms with Crippen LogP contribution in [0.25, 0.3) is 0 Å². The molecule has 21 heavy (non-hydrogen) atoms. The lowest BCUT2D eigenvalue weighted by atomic mass is 10.1. The van der Waals surface area contributed by atoms with Gasteiger partial charge in [0.1, 0.15) is 6.42 Å². The lowest BCUT2D eigenvalue weighted by Crippen LogP contribution is -2.16. The zero-order valence-electron chi connectivity index (χ0n) is 11.3. The molecule has 2 N–H and O–H groups in total. The third-order valence-corrected chi connectivity index (χ3v) is 4.90. The number of hydrogen-bond donors (Lipinski definition) is 2. The van der Waals surface area contributed by atoms with Gasteiger partial charge in [-0.1, -0.05) is 6.07 Å². The highest BCUT2D eigenvalue weighted by atomic mass is 35.5. The molecule has 4 nitrogen and oxygen atoms in total. The Morgan fingerprint density at radius 1 is 1.10 bits per heavy atom. The monoisotopic (exact) mass is 320 g/mol. The number of amides is 2. The molecule has 1 aromatic carbocycles. The number of halogens is 1. The van der Waals surface area contributed by atoms with Crippen molar-refractivity contribution in [3.8, 4) is 0 Å². The number of anilines is 2. The largest absolute Gasteiger partial charge is 0.324 e. The molecule has 2 amide bonds. The van der Waals surface area contributed by atoms with Crippen molar-refractivity contribution in [2.24, 2.45) is 0 Å². The van der Waals surface area contributed by atoms with Gasteiger partial charge in [0.25, 0.3) is 0 Å². The van der Waals surface area contributed by atoms with Crippen LogP contribution < -0.4 is 10.6 Å². The summed E-state index contributed by atoms with van der Waals surface area (Å²) >= 11 is 8.15. The van der Waals surface area contributed by atoms with Crippen molar-refractivity contribution >= 4 is 46.1 Å². The van der Waals surface area contributed by atoms with Crippen LogP contribution >= 0.6 is 22.9 Å². The second-order valence-corrected chi connectivity index (χ2v) is 6.65. The molecule has 0 bridgehead atoms. The zero-order valence-corrected chi connectivity index (χ0v) is 12.8. The number of carbonyl (C=O) groups excluding carboxylic acids is 2. The van der Waals surface area contributed by atoms with Crippen LogP contribution in [0.4, 0.5) is 11.4 Å². The summed E-state index contributed by atoms with van der Waals surface area (Å²) in [5, 5.41) is 5.15. The summed E-state index contributed by atoms with van der Waals surface area (Å²) < 4.78 is 0. The fourth-order valence-corrected chi connectivity index (χ4v) is 3.45. The van der Waals surface area contributed by atoms with Crippen LogP contribution in [-0.4, -0.2) is 11.8 Å². The highest BCUT2D eigenvalue weighted by molar-refractivity contribution is 7.12. The van der Waals surface area contributed by atoms with E-state index in [0.29, 0.717) is 11.4 Å². The van der Waals surface area contributed by atoms with Gasteiger partial charge in [0.15, 0.2) is 0 Å². The predicted octanol–water partition coefficient (Wildman–Crippen LogP) is 3.67. The van der Waals surface area contributed by atoms with E-state index in [9.17, 15) is 9.59 Å². The Morgan fingerprint density at radius 3 is 2.48 bits per heavy atom. The van der Waals surface area contributed by atoms with Crippen LogP contribution in [0.3, 0.4) is 0 Å². The molecular formula is C15H13ClN2O2S. The van der Waals surface area contributed by atoms with E-state index < -0.39 is 0 Å². The molecule has 3 rings (SSSR count). The number of hydrogen-bond acceptors (Lipinski definition) is 3. The van der Waals surface area contributed by atoms with Crippen LogP contribution in [0.2, 0.25) is 0 Å². The molecule has 0 saturated heterocycles. The number of carbonyl (C=O) groups is 2. The van der Waals surface area contributed by atoms with E-state index in [2.05, 4.69) is 10.6 Å². The van der Waals surface area contributed by atoms with Gasteiger partial charge in [0, 0.05) is 9.75 Å². The number of rotatable bonds is 2. The normalized spacial score (nSPS) is 15.7. The minimum Gasteiger partial charge on any atom is -0.324 e. The number of benzene rings is 1. The smallest absolute Gasteiger partial charge is 0.233 e. The molecule has 1 aliphatic rings. The Morgan fingerprint density at radius 2 is 1.81 bits per heavy atom. The molecular weight excluding hydrogens is 308 g/mol. The van der Waals surface area contributed by atoms with Crippen LogP contribution in [-0.2, 0) is 9.59 Å². The lowest BCUT2D eigenvalue weighted by Gasteiger charge is -2.12. The quantitative estimate of drug-likeness (QED) is 0.655. The van der Waals surface area contributed by atoms with Crippen molar-refractivity contribution in [1.29, 1.82) is 0 Å². The second kappa shape index (κ2) is 5.50. The SMILES string of the molecule is Cc1ccc(C(Cl)c2ccc3c(c2)NC(=O)CC(=O)N3)s1. The summed E-state index contributed by atoms with van der Waals surface area (Å²) in [5.74, 6) is -0.628. The minimum absolute atomic E-state index is 0.168. The summed E-state index contributed by atoms with van der Waals surface area (Å²) in [6, 6.07) is 9.48. The topological polar surface area (TPSA) is 58.2 Å². The van der Waals surface area contributed by atoms with Crippen LogP contribution in [0, 0.1) is 6.92 Å². The summed E-state index contributed by atoms with van der Waals surface area (Å²) in [7, 11) is 0. The number of thiophene rings is 1. The maximum Gasteiger partial charge on any atom is 0.233 e. The van der Waals surface area contributed by atoms with E-state index in [1.54, 1.807) is 17.4 Å².